The number of rotatable bonds is 3. The van der Waals surface area contributed by atoms with Gasteiger partial charge in [-0.3, -0.25) is 9.58 Å². The lowest BCUT2D eigenvalue weighted by Gasteiger charge is -2.32. The Morgan fingerprint density at radius 2 is 1.95 bits per heavy atom. The average Bonchev–Trinajstić information content (AvgIpc) is 2.98. The second-order valence-corrected chi connectivity index (χ2v) is 6.47. The van der Waals surface area contributed by atoms with Crippen LogP contribution in [-0.4, -0.2) is 32.4 Å². The maximum absolute atomic E-state index is 10.2. The Morgan fingerprint density at radius 1 is 1.16 bits per heavy atom. The fourth-order valence-electron chi connectivity index (χ4n) is 3.69. The SMILES string of the molecule is O[C@@H](c1cc2n(n1)CCN(C1CCCC1)C2)C1CC1. The summed E-state index contributed by atoms with van der Waals surface area (Å²) in [6.07, 6.45) is 7.53. The molecule has 104 valence electrons. The van der Waals surface area contributed by atoms with Crippen LogP contribution in [0.25, 0.3) is 0 Å². The number of fused-ring (bicyclic) bond motifs is 1. The summed E-state index contributed by atoms with van der Waals surface area (Å²) in [7, 11) is 0. The van der Waals surface area contributed by atoms with E-state index in [2.05, 4.69) is 20.7 Å². The summed E-state index contributed by atoms with van der Waals surface area (Å²) in [6, 6.07) is 2.94. The van der Waals surface area contributed by atoms with Crippen molar-refractivity contribution in [2.75, 3.05) is 6.54 Å². The van der Waals surface area contributed by atoms with Crippen LogP contribution in [0.4, 0.5) is 0 Å². The standard InChI is InChI=1S/C15H23N3O/c19-15(11-5-6-11)14-9-13-10-17(7-8-18(13)16-14)12-3-1-2-4-12/h9,11-12,15,19H,1-8,10H2/t15-/m1/s1. The molecule has 1 aliphatic heterocycles. The molecule has 0 saturated heterocycles. The molecular weight excluding hydrogens is 238 g/mol. The predicted molar refractivity (Wildman–Crippen MR) is 72.6 cm³/mol. The van der Waals surface area contributed by atoms with Crippen LogP contribution < -0.4 is 0 Å². The fraction of sp³-hybridized carbons (Fsp3) is 0.800. The molecule has 1 aromatic heterocycles. The van der Waals surface area contributed by atoms with Crippen LogP contribution in [0.3, 0.4) is 0 Å². The Morgan fingerprint density at radius 3 is 2.68 bits per heavy atom. The number of nitrogens with zero attached hydrogens (tertiary/aromatic N) is 3. The highest BCUT2D eigenvalue weighted by molar-refractivity contribution is 5.16. The molecule has 0 spiro atoms. The van der Waals surface area contributed by atoms with E-state index in [9.17, 15) is 5.11 Å². The molecule has 1 N–H and O–H groups in total. The van der Waals surface area contributed by atoms with Crippen molar-refractivity contribution in [1.82, 2.24) is 14.7 Å². The zero-order valence-corrected chi connectivity index (χ0v) is 11.5. The lowest BCUT2D eigenvalue weighted by molar-refractivity contribution is 0.143. The van der Waals surface area contributed by atoms with Crippen LogP contribution in [0.5, 0.6) is 0 Å². The molecule has 0 amide bonds. The van der Waals surface area contributed by atoms with Gasteiger partial charge in [0.2, 0.25) is 0 Å². The summed E-state index contributed by atoms with van der Waals surface area (Å²) in [5, 5.41) is 14.8. The highest BCUT2D eigenvalue weighted by Gasteiger charge is 2.34. The van der Waals surface area contributed by atoms with Gasteiger partial charge in [-0.15, -0.1) is 0 Å². The van der Waals surface area contributed by atoms with Crippen molar-refractivity contribution in [3.05, 3.63) is 17.5 Å². The maximum Gasteiger partial charge on any atom is 0.101 e. The minimum Gasteiger partial charge on any atom is -0.386 e. The monoisotopic (exact) mass is 261 g/mol. The normalized spacial score (nSPS) is 26.6. The summed E-state index contributed by atoms with van der Waals surface area (Å²) in [5.41, 5.74) is 2.21. The van der Waals surface area contributed by atoms with E-state index in [0.29, 0.717) is 5.92 Å². The molecule has 4 rings (SSSR count). The van der Waals surface area contributed by atoms with E-state index in [4.69, 9.17) is 0 Å². The zero-order valence-electron chi connectivity index (χ0n) is 11.5. The smallest absolute Gasteiger partial charge is 0.101 e. The van der Waals surface area contributed by atoms with Crippen molar-refractivity contribution in [1.29, 1.82) is 0 Å². The molecule has 0 radical (unpaired) electrons. The van der Waals surface area contributed by atoms with Crippen LogP contribution >= 0.6 is 0 Å². The molecule has 1 atom stereocenters. The van der Waals surface area contributed by atoms with Crippen molar-refractivity contribution in [2.45, 2.75) is 63.8 Å². The fourth-order valence-corrected chi connectivity index (χ4v) is 3.69. The molecule has 0 bridgehead atoms. The molecule has 0 aromatic carbocycles. The molecular formula is C15H23N3O. The van der Waals surface area contributed by atoms with Crippen LogP contribution in [0.15, 0.2) is 6.07 Å². The third-order valence-electron chi connectivity index (χ3n) is 5.06. The van der Waals surface area contributed by atoms with Gasteiger partial charge < -0.3 is 5.11 Å². The highest BCUT2D eigenvalue weighted by atomic mass is 16.3. The molecule has 2 fully saturated rings. The topological polar surface area (TPSA) is 41.3 Å². The average molecular weight is 261 g/mol. The van der Waals surface area contributed by atoms with Crippen LogP contribution in [0.2, 0.25) is 0 Å². The molecule has 4 heteroatoms. The number of aromatic nitrogens is 2. The van der Waals surface area contributed by atoms with Gasteiger partial charge >= 0.3 is 0 Å². The van der Waals surface area contributed by atoms with E-state index in [1.165, 1.54) is 31.4 Å². The maximum atomic E-state index is 10.2. The van der Waals surface area contributed by atoms with Crippen LogP contribution in [0.1, 0.15) is 56.0 Å². The number of hydrogen-bond acceptors (Lipinski definition) is 3. The first-order valence-corrected chi connectivity index (χ1v) is 7.80. The minimum absolute atomic E-state index is 0.321. The number of aliphatic hydroxyl groups is 1. The molecule has 19 heavy (non-hydrogen) atoms. The van der Waals surface area contributed by atoms with E-state index in [1.807, 2.05) is 0 Å². The molecule has 2 aliphatic carbocycles. The van der Waals surface area contributed by atoms with E-state index in [-0.39, 0.29) is 6.10 Å². The summed E-state index contributed by atoms with van der Waals surface area (Å²) >= 11 is 0. The third-order valence-corrected chi connectivity index (χ3v) is 5.06. The third kappa shape index (κ3) is 2.21. The number of aliphatic hydroxyl groups excluding tert-OH is 1. The molecule has 0 unspecified atom stereocenters. The Kier molecular flexibility index (Phi) is 2.88. The highest BCUT2D eigenvalue weighted by Crippen LogP contribution is 2.40. The molecule has 3 aliphatic rings. The van der Waals surface area contributed by atoms with Crippen molar-refractivity contribution in [3.63, 3.8) is 0 Å². The van der Waals surface area contributed by atoms with Gasteiger partial charge in [-0.25, -0.2) is 0 Å². The lowest BCUT2D eigenvalue weighted by atomic mass is 10.1. The van der Waals surface area contributed by atoms with E-state index >= 15 is 0 Å². The van der Waals surface area contributed by atoms with Crippen molar-refractivity contribution in [3.8, 4) is 0 Å². The molecule has 2 saturated carbocycles. The first kappa shape index (κ1) is 11.9. The van der Waals surface area contributed by atoms with E-state index in [0.717, 1.165) is 44.2 Å². The first-order valence-electron chi connectivity index (χ1n) is 7.80. The van der Waals surface area contributed by atoms with Crippen molar-refractivity contribution in [2.24, 2.45) is 5.92 Å². The molecule has 2 heterocycles. The van der Waals surface area contributed by atoms with Crippen LogP contribution in [0, 0.1) is 5.92 Å². The second-order valence-electron chi connectivity index (χ2n) is 6.47. The summed E-state index contributed by atoms with van der Waals surface area (Å²) in [6.45, 7) is 3.14. The Balaban J connectivity index is 1.50. The molecule has 4 nitrogen and oxygen atoms in total. The first-order chi connectivity index (χ1) is 9.31. The van der Waals surface area contributed by atoms with Crippen molar-refractivity contribution >= 4 is 0 Å². The minimum atomic E-state index is -0.321. The van der Waals surface area contributed by atoms with Gasteiger partial charge in [0, 0.05) is 19.1 Å². The van der Waals surface area contributed by atoms with Gasteiger partial charge in [0.15, 0.2) is 0 Å². The zero-order chi connectivity index (χ0) is 12.8. The quantitative estimate of drug-likeness (QED) is 0.906. The Labute approximate surface area is 114 Å². The summed E-state index contributed by atoms with van der Waals surface area (Å²) in [4.78, 5) is 2.62. The van der Waals surface area contributed by atoms with Gasteiger partial charge in [-0.2, -0.15) is 5.10 Å². The summed E-state index contributed by atoms with van der Waals surface area (Å²) in [5.74, 6) is 0.475. The largest absolute Gasteiger partial charge is 0.386 e. The number of hydrogen-bond donors (Lipinski definition) is 1. The van der Waals surface area contributed by atoms with Gasteiger partial charge in [-0.1, -0.05) is 12.8 Å². The Bertz CT molecular complexity index is 460. The van der Waals surface area contributed by atoms with Gasteiger partial charge in [0.05, 0.1) is 17.9 Å². The Hall–Kier alpha value is -0.870. The lowest BCUT2D eigenvalue weighted by Crippen LogP contribution is -2.39. The van der Waals surface area contributed by atoms with Crippen LogP contribution in [-0.2, 0) is 13.1 Å². The van der Waals surface area contributed by atoms with Crippen molar-refractivity contribution < 1.29 is 5.11 Å². The molecule has 1 aromatic rings. The van der Waals surface area contributed by atoms with E-state index in [1.54, 1.807) is 0 Å². The van der Waals surface area contributed by atoms with Gasteiger partial charge in [-0.05, 0) is 37.7 Å². The predicted octanol–water partition coefficient (Wildman–Crippen LogP) is 2.08. The van der Waals surface area contributed by atoms with Gasteiger partial charge in [0.1, 0.15) is 6.10 Å². The van der Waals surface area contributed by atoms with Gasteiger partial charge in [0.25, 0.3) is 0 Å². The second kappa shape index (κ2) is 4.60. The summed E-state index contributed by atoms with van der Waals surface area (Å²) < 4.78 is 2.12. The van der Waals surface area contributed by atoms with E-state index < -0.39 is 0 Å².